The van der Waals surface area contributed by atoms with Crippen molar-refractivity contribution in [2.24, 2.45) is 0 Å². The molecule has 0 saturated carbocycles. The Labute approximate surface area is 197 Å². The highest BCUT2D eigenvalue weighted by atomic mass is 35.5. The number of nitrogens with one attached hydrogen (secondary N) is 1. The third-order valence-electron chi connectivity index (χ3n) is 6.03. The van der Waals surface area contributed by atoms with Crippen molar-refractivity contribution in [2.45, 2.75) is 19.0 Å². The summed E-state index contributed by atoms with van der Waals surface area (Å²) in [6.45, 7) is 1.67. The van der Waals surface area contributed by atoms with Crippen LogP contribution in [-0.4, -0.2) is 42.6 Å². The second-order valence-electron chi connectivity index (χ2n) is 8.14. The van der Waals surface area contributed by atoms with Gasteiger partial charge in [0.2, 0.25) is 0 Å². The monoisotopic (exact) mass is 461 g/mol. The number of hydrogen-bond donors (Lipinski definition) is 1. The van der Waals surface area contributed by atoms with E-state index in [0.29, 0.717) is 27.6 Å². The largest absolute Gasteiger partial charge is 0.489 e. The highest BCUT2D eigenvalue weighted by Crippen LogP contribution is 2.34. The van der Waals surface area contributed by atoms with Gasteiger partial charge < -0.3 is 15.0 Å². The van der Waals surface area contributed by atoms with E-state index in [1.807, 2.05) is 53.4 Å². The van der Waals surface area contributed by atoms with Crippen molar-refractivity contribution in [1.29, 1.82) is 0 Å². The van der Waals surface area contributed by atoms with Crippen molar-refractivity contribution < 1.29 is 14.3 Å². The molecule has 2 heterocycles. The fourth-order valence-corrected chi connectivity index (χ4v) is 4.61. The molecular formula is C26H24ClN3O3. The van der Waals surface area contributed by atoms with Crippen molar-refractivity contribution in [3.05, 3.63) is 88.9 Å². The van der Waals surface area contributed by atoms with Gasteiger partial charge >= 0.3 is 0 Å². The molecule has 0 radical (unpaired) electrons. The maximum atomic E-state index is 13.5. The van der Waals surface area contributed by atoms with E-state index in [0.717, 1.165) is 31.6 Å². The molecule has 5 rings (SSSR count). The number of amides is 2. The molecule has 2 aliphatic rings. The molecule has 2 amide bonds. The minimum absolute atomic E-state index is 0.0240. The smallest absolute Gasteiger partial charge is 0.262 e. The summed E-state index contributed by atoms with van der Waals surface area (Å²) < 4.78 is 6.17. The predicted molar refractivity (Wildman–Crippen MR) is 129 cm³/mol. The molecule has 1 saturated heterocycles. The van der Waals surface area contributed by atoms with Gasteiger partial charge in [0.05, 0.1) is 21.8 Å². The topological polar surface area (TPSA) is 61.9 Å². The molecule has 2 aliphatic heterocycles. The number of ether oxygens (including phenoxy) is 1. The number of benzene rings is 3. The third-order valence-corrected chi connectivity index (χ3v) is 6.35. The normalized spacial score (nSPS) is 17.5. The highest BCUT2D eigenvalue weighted by molar-refractivity contribution is 6.34. The SMILES string of the molecule is O=C(c1ccccc1OCC1Nc2ccccc2C(=O)N1c1ccccc1Cl)N1CCCC1. The summed E-state index contributed by atoms with van der Waals surface area (Å²) in [5.41, 5.74) is 2.44. The van der Waals surface area contributed by atoms with Gasteiger partial charge in [-0.2, -0.15) is 0 Å². The summed E-state index contributed by atoms with van der Waals surface area (Å²) in [6.07, 6.45) is 1.53. The lowest BCUT2D eigenvalue weighted by Crippen LogP contribution is -2.52. The van der Waals surface area contributed by atoms with Gasteiger partial charge in [-0.15, -0.1) is 0 Å². The van der Waals surface area contributed by atoms with Crippen LogP contribution in [-0.2, 0) is 0 Å². The van der Waals surface area contributed by atoms with Crippen molar-refractivity contribution in [3.63, 3.8) is 0 Å². The Morgan fingerprint density at radius 1 is 0.970 bits per heavy atom. The molecule has 6 nitrogen and oxygen atoms in total. The Morgan fingerprint density at radius 3 is 2.48 bits per heavy atom. The van der Waals surface area contributed by atoms with Crippen molar-refractivity contribution >= 4 is 34.8 Å². The lowest BCUT2D eigenvalue weighted by atomic mass is 10.1. The first-order chi connectivity index (χ1) is 16.1. The van der Waals surface area contributed by atoms with Gasteiger partial charge in [0, 0.05) is 18.8 Å². The molecule has 0 aromatic heterocycles. The van der Waals surface area contributed by atoms with Gasteiger partial charge in [0.15, 0.2) is 0 Å². The van der Waals surface area contributed by atoms with Crippen LogP contribution in [0, 0.1) is 0 Å². The zero-order chi connectivity index (χ0) is 22.8. The standard InChI is InChI=1S/C26H24ClN3O3/c27-20-11-3-5-13-22(20)30-24(28-21-12-4-1-9-18(21)26(30)32)17-33-23-14-6-2-10-19(23)25(31)29-15-7-8-16-29/h1-6,9-14,24,28H,7-8,15-17H2. The molecule has 1 N–H and O–H groups in total. The summed E-state index contributed by atoms with van der Waals surface area (Å²) in [7, 11) is 0. The first kappa shape index (κ1) is 21.3. The van der Waals surface area contributed by atoms with Gasteiger partial charge in [0.25, 0.3) is 11.8 Å². The Kier molecular flexibility index (Phi) is 5.92. The average molecular weight is 462 g/mol. The molecular weight excluding hydrogens is 438 g/mol. The zero-order valence-corrected chi connectivity index (χ0v) is 18.8. The number of carbonyl (C=O) groups is 2. The van der Waals surface area contributed by atoms with Crippen LogP contribution in [0.25, 0.3) is 0 Å². The Bertz CT molecular complexity index is 1190. The Morgan fingerprint density at radius 2 is 1.67 bits per heavy atom. The van der Waals surface area contributed by atoms with E-state index in [-0.39, 0.29) is 18.4 Å². The molecule has 0 bridgehead atoms. The van der Waals surface area contributed by atoms with Crippen LogP contribution in [0.5, 0.6) is 5.75 Å². The predicted octanol–water partition coefficient (Wildman–Crippen LogP) is 5.05. The van der Waals surface area contributed by atoms with E-state index in [2.05, 4.69) is 5.32 Å². The van der Waals surface area contributed by atoms with E-state index in [1.165, 1.54) is 0 Å². The van der Waals surface area contributed by atoms with Crippen LogP contribution in [0.2, 0.25) is 5.02 Å². The van der Waals surface area contributed by atoms with Crippen LogP contribution in [0.3, 0.4) is 0 Å². The van der Waals surface area contributed by atoms with E-state index in [1.54, 1.807) is 29.2 Å². The van der Waals surface area contributed by atoms with Crippen LogP contribution in [0.15, 0.2) is 72.8 Å². The summed E-state index contributed by atoms with van der Waals surface area (Å²) >= 11 is 6.46. The summed E-state index contributed by atoms with van der Waals surface area (Å²) in [6, 6.07) is 21.9. The first-order valence-electron chi connectivity index (χ1n) is 11.1. The average Bonchev–Trinajstić information content (AvgIpc) is 3.38. The first-order valence-corrected chi connectivity index (χ1v) is 11.5. The molecule has 0 spiro atoms. The van der Waals surface area contributed by atoms with Crippen molar-refractivity contribution in [2.75, 3.05) is 29.9 Å². The van der Waals surface area contributed by atoms with Crippen LogP contribution < -0.4 is 15.0 Å². The lowest BCUT2D eigenvalue weighted by Gasteiger charge is -2.38. The van der Waals surface area contributed by atoms with E-state index >= 15 is 0 Å². The summed E-state index contributed by atoms with van der Waals surface area (Å²) in [5.74, 6) is 0.318. The van der Waals surface area contributed by atoms with Gasteiger partial charge in [-0.25, -0.2) is 0 Å². The van der Waals surface area contributed by atoms with Crippen molar-refractivity contribution in [3.8, 4) is 5.75 Å². The second kappa shape index (κ2) is 9.16. The maximum absolute atomic E-state index is 13.5. The summed E-state index contributed by atoms with van der Waals surface area (Å²) in [4.78, 5) is 29.9. The fraction of sp³-hybridized carbons (Fsp3) is 0.231. The Balaban J connectivity index is 1.44. The van der Waals surface area contributed by atoms with Gasteiger partial charge in [-0.05, 0) is 49.2 Å². The molecule has 1 atom stereocenters. The number of fused-ring (bicyclic) bond motifs is 1. The minimum atomic E-state index is -0.512. The number of halogens is 1. The van der Waals surface area contributed by atoms with Crippen molar-refractivity contribution in [1.82, 2.24) is 4.90 Å². The molecule has 3 aromatic rings. The van der Waals surface area contributed by atoms with Gasteiger partial charge in [0.1, 0.15) is 18.5 Å². The number of carbonyl (C=O) groups excluding carboxylic acids is 2. The zero-order valence-electron chi connectivity index (χ0n) is 18.0. The van der Waals surface area contributed by atoms with Crippen LogP contribution in [0.4, 0.5) is 11.4 Å². The van der Waals surface area contributed by atoms with Crippen LogP contribution >= 0.6 is 11.6 Å². The number of para-hydroxylation sites is 3. The molecule has 33 heavy (non-hydrogen) atoms. The number of hydrogen-bond acceptors (Lipinski definition) is 4. The molecule has 3 aromatic carbocycles. The summed E-state index contributed by atoms with van der Waals surface area (Å²) in [5, 5.41) is 3.88. The fourth-order valence-electron chi connectivity index (χ4n) is 4.38. The third kappa shape index (κ3) is 4.14. The number of rotatable bonds is 5. The second-order valence-corrected chi connectivity index (χ2v) is 8.55. The van der Waals surface area contributed by atoms with Gasteiger partial charge in [-0.3, -0.25) is 14.5 Å². The molecule has 0 aliphatic carbocycles. The number of anilines is 2. The van der Waals surface area contributed by atoms with E-state index < -0.39 is 6.17 Å². The minimum Gasteiger partial charge on any atom is -0.489 e. The molecule has 1 fully saturated rings. The maximum Gasteiger partial charge on any atom is 0.262 e. The molecule has 168 valence electrons. The lowest BCUT2D eigenvalue weighted by molar-refractivity contribution is 0.0786. The number of nitrogens with zero attached hydrogens (tertiary/aromatic N) is 2. The van der Waals surface area contributed by atoms with Crippen LogP contribution in [0.1, 0.15) is 33.6 Å². The molecule has 7 heteroatoms. The highest BCUT2D eigenvalue weighted by Gasteiger charge is 2.34. The Hall–Kier alpha value is -3.51. The molecule has 1 unspecified atom stereocenters. The number of likely N-dealkylation sites (tertiary alicyclic amines) is 1. The van der Waals surface area contributed by atoms with E-state index in [9.17, 15) is 9.59 Å². The van der Waals surface area contributed by atoms with E-state index in [4.69, 9.17) is 16.3 Å². The van der Waals surface area contributed by atoms with Gasteiger partial charge in [-0.1, -0.05) is 48.0 Å². The quantitative estimate of drug-likeness (QED) is 0.577.